The molecular formula is C19H25N3O2S2. The number of hydrogen-bond donors (Lipinski definition) is 0. The van der Waals surface area contributed by atoms with E-state index in [1.807, 2.05) is 39.7 Å². The largest absolute Gasteiger partial charge is 0.346 e. The zero-order valence-electron chi connectivity index (χ0n) is 15.3. The number of carbonyl (C=O) groups is 2. The Kier molecular flexibility index (Phi) is 6.43. The highest BCUT2D eigenvalue weighted by Gasteiger charge is 2.30. The number of piperidine rings is 1. The van der Waals surface area contributed by atoms with Crippen LogP contribution in [0.1, 0.15) is 43.1 Å². The van der Waals surface area contributed by atoms with E-state index in [0.29, 0.717) is 18.8 Å². The monoisotopic (exact) mass is 391 g/mol. The number of thiazole rings is 1. The van der Waals surface area contributed by atoms with Crippen LogP contribution in [-0.2, 0) is 4.79 Å². The molecule has 0 bridgehead atoms. The van der Waals surface area contributed by atoms with Crippen molar-refractivity contribution in [2.45, 2.75) is 32.6 Å². The molecule has 0 radical (unpaired) electrons. The normalized spacial score (nSPS) is 15.2. The van der Waals surface area contributed by atoms with Crippen LogP contribution >= 0.6 is 22.7 Å². The van der Waals surface area contributed by atoms with Gasteiger partial charge in [0.2, 0.25) is 5.91 Å². The Morgan fingerprint density at radius 3 is 2.73 bits per heavy atom. The second kappa shape index (κ2) is 8.77. The summed E-state index contributed by atoms with van der Waals surface area (Å²) in [5.74, 6) is 0.242. The lowest BCUT2D eigenvalue weighted by molar-refractivity contribution is -0.135. The van der Waals surface area contributed by atoms with Crippen LogP contribution < -0.4 is 0 Å². The Bertz CT molecular complexity index is 734. The number of rotatable bonds is 6. The molecule has 2 amide bonds. The molecule has 1 saturated heterocycles. The van der Waals surface area contributed by atoms with Gasteiger partial charge in [-0.2, -0.15) is 0 Å². The van der Waals surface area contributed by atoms with Crippen molar-refractivity contribution in [3.63, 3.8) is 0 Å². The van der Waals surface area contributed by atoms with Crippen LogP contribution in [-0.4, -0.2) is 53.3 Å². The average Bonchev–Trinajstić information content (AvgIpc) is 3.36. The van der Waals surface area contributed by atoms with Gasteiger partial charge in [0, 0.05) is 38.0 Å². The quantitative estimate of drug-likeness (QED) is 0.748. The van der Waals surface area contributed by atoms with Crippen LogP contribution in [0, 0.1) is 5.92 Å². The minimum atomic E-state index is -0.0192. The van der Waals surface area contributed by atoms with E-state index in [9.17, 15) is 9.59 Å². The molecule has 5 nitrogen and oxygen atoms in total. The highest BCUT2D eigenvalue weighted by molar-refractivity contribution is 7.20. The highest BCUT2D eigenvalue weighted by Crippen LogP contribution is 2.29. The van der Waals surface area contributed by atoms with Crippen molar-refractivity contribution in [1.29, 1.82) is 0 Å². The van der Waals surface area contributed by atoms with Crippen LogP contribution in [0.15, 0.2) is 22.9 Å². The van der Waals surface area contributed by atoms with Crippen molar-refractivity contribution >= 4 is 34.5 Å². The molecule has 0 N–H and O–H groups in total. The van der Waals surface area contributed by atoms with E-state index in [1.165, 1.54) is 11.3 Å². The highest BCUT2D eigenvalue weighted by atomic mass is 32.1. The van der Waals surface area contributed by atoms with Crippen molar-refractivity contribution in [2.24, 2.45) is 5.92 Å². The van der Waals surface area contributed by atoms with Crippen LogP contribution in [0.25, 0.3) is 9.88 Å². The lowest BCUT2D eigenvalue weighted by atomic mass is 9.95. The third kappa shape index (κ3) is 4.32. The number of amides is 2. The summed E-state index contributed by atoms with van der Waals surface area (Å²) in [5.41, 5.74) is 0.517. The lowest BCUT2D eigenvalue weighted by Gasteiger charge is -2.33. The Morgan fingerprint density at radius 1 is 1.31 bits per heavy atom. The number of hydrogen-bond acceptors (Lipinski definition) is 5. The van der Waals surface area contributed by atoms with Gasteiger partial charge in [-0.1, -0.05) is 19.4 Å². The minimum Gasteiger partial charge on any atom is -0.346 e. The summed E-state index contributed by atoms with van der Waals surface area (Å²) in [6.07, 6.45) is 3.60. The average molecular weight is 392 g/mol. The van der Waals surface area contributed by atoms with Crippen molar-refractivity contribution in [3.05, 3.63) is 28.6 Å². The Morgan fingerprint density at radius 2 is 2.08 bits per heavy atom. The molecule has 0 saturated carbocycles. The van der Waals surface area contributed by atoms with E-state index < -0.39 is 0 Å². The Balaban J connectivity index is 1.54. The van der Waals surface area contributed by atoms with Crippen molar-refractivity contribution in [3.8, 4) is 9.88 Å². The molecule has 1 fully saturated rings. The summed E-state index contributed by atoms with van der Waals surface area (Å²) in [4.78, 5) is 34.5. The maximum absolute atomic E-state index is 12.7. The minimum absolute atomic E-state index is 0.0192. The van der Waals surface area contributed by atoms with Crippen LogP contribution in [0.4, 0.5) is 0 Å². The summed E-state index contributed by atoms with van der Waals surface area (Å²) in [7, 11) is 1.89. The zero-order chi connectivity index (χ0) is 18.5. The molecule has 0 aromatic carbocycles. The third-order valence-corrected chi connectivity index (χ3v) is 6.69. The van der Waals surface area contributed by atoms with Crippen LogP contribution in [0.3, 0.4) is 0 Å². The Labute approximate surface area is 162 Å². The number of thiophene rings is 1. The molecule has 7 heteroatoms. The molecule has 0 atom stereocenters. The zero-order valence-corrected chi connectivity index (χ0v) is 16.9. The fraction of sp³-hybridized carbons (Fsp3) is 0.526. The molecule has 3 heterocycles. The fourth-order valence-corrected chi connectivity index (χ4v) is 4.80. The molecule has 26 heavy (non-hydrogen) atoms. The summed E-state index contributed by atoms with van der Waals surface area (Å²) in [6.45, 7) is 4.20. The number of aromatic nitrogens is 1. The molecule has 0 aliphatic carbocycles. The van der Waals surface area contributed by atoms with E-state index in [-0.39, 0.29) is 17.7 Å². The number of carbonyl (C=O) groups excluding carboxylic acids is 2. The van der Waals surface area contributed by atoms with Gasteiger partial charge in [-0.3, -0.25) is 9.59 Å². The molecule has 2 aromatic heterocycles. The van der Waals surface area contributed by atoms with Gasteiger partial charge in [0.25, 0.3) is 5.91 Å². The van der Waals surface area contributed by atoms with Crippen molar-refractivity contribution in [1.82, 2.24) is 14.8 Å². The first-order valence-corrected chi connectivity index (χ1v) is 10.9. The van der Waals surface area contributed by atoms with Crippen molar-refractivity contribution < 1.29 is 9.59 Å². The third-order valence-electron chi connectivity index (χ3n) is 4.81. The molecule has 0 unspecified atom stereocenters. The fourth-order valence-electron chi connectivity index (χ4n) is 3.19. The first-order chi connectivity index (χ1) is 12.6. The SMILES string of the molecule is CCCCN(C)C(=O)C1CCN(C(=O)c2csc(-c3cccs3)n2)CC1. The van der Waals surface area contributed by atoms with Crippen LogP contribution in [0.2, 0.25) is 0 Å². The first kappa shape index (κ1) is 19.0. The number of unbranched alkanes of at least 4 members (excludes halogenated alkanes) is 1. The van der Waals surface area contributed by atoms with Gasteiger partial charge in [0.1, 0.15) is 10.7 Å². The topological polar surface area (TPSA) is 53.5 Å². The molecule has 0 spiro atoms. The van der Waals surface area contributed by atoms with Gasteiger partial charge in [0.15, 0.2) is 0 Å². The van der Waals surface area contributed by atoms with Crippen LogP contribution in [0.5, 0.6) is 0 Å². The molecular weight excluding hydrogens is 366 g/mol. The summed E-state index contributed by atoms with van der Waals surface area (Å²) in [5, 5.41) is 4.75. The molecule has 140 valence electrons. The molecule has 1 aliphatic heterocycles. The van der Waals surface area contributed by atoms with E-state index in [1.54, 1.807) is 11.3 Å². The Hall–Kier alpha value is -1.73. The molecule has 2 aromatic rings. The van der Waals surface area contributed by atoms with E-state index in [2.05, 4.69) is 11.9 Å². The van der Waals surface area contributed by atoms with Gasteiger partial charge >= 0.3 is 0 Å². The second-order valence-electron chi connectivity index (χ2n) is 6.70. The molecule has 3 rings (SSSR count). The van der Waals surface area contributed by atoms with Gasteiger partial charge in [-0.15, -0.1) is 22.7 Å². The maximum atomic E-state index is 12.7. The smallest absolute Gasteiger partial charge is 0.273 e. The number of likely N-dealkylation sites (tertiary alicyclic amines) is 1. The second-order valence-corrected chi connectivity index (χ2v) is 8.50. The number of nitrogens with zero attached hydrogens (tertiary/aromatic N) is 3. The maximum Gasteiger partial charge on any atom is 0.273 e. The van der Waals surface area contributed by atoms with Gasteiger partial charge in [-0.25, -0.2) is 4.98 Å². The van der Waals surface area contributed by atoms with E-state index >= 15 is 0 Å². The van der Waals surface area contributed by atoms with Gasteiger partial charge in [-0.05, 0) is 30.7 Å². The standard InChI is InChI=1S/C19H25N3O2S2/c1-3-4-9-21(2)18(23)14-7-10-22(11-8-14)19(24)15-13-26-17(20-15)16-6-5-12-25-16/h5-6,12-14H,3-4,7-11H2,1-2H3. The van der Waals surface area contributed by atoms with Crippen molar-refractivity contribution in [2.75, 3.05) is 26.7 Å². The van der Waals surface area contributed by atoms with E-state index in [0.717, 1.165) is 42.1 Å². The summed E-state index contributed by atoms with van der Waals surface area (Å²) >= 11 is 3.14. The van der Waals surface area contributed by atoms with Gasteiger partial charge < -0.3 is 9.80 Å². The lowest BCUT2D eigenvalue weighted by Crippen LogP contribution is -2.43. The predicted molar refractivity (Wildman–Crippen MR) is 107 cm³/mol. The molecule has 1 aliphatic rings. The van der Waals surface area contributed by atoms with Gasteiger partial charge in [0.05, 0.1) is 4.88 Å². The summed E-state index contributed by atoms with van der Waals surface area (Å²) in [6, 6.07) is 4.01. The predicted octanol–water partition coefficient (Wildman–Crippen LogP) is 3.98. The summed E-state index contributed by atoms with van der Waals surface area (Å²) < 4.78 is 0. The first-order valence-electron chi connectivity index (χ1n) is 9.13. The van der Waals surface area contributed by atoms with E-state index in [4.69, 9.17) is 0 Å².